The Morgan fingerprint density at radius 2 is 2.03 bits per heavy atom. The Morgan fingerprint density at radius 1 is 1.15 bits per heavy atom. The number of amides is 1. The Kier molecular flexibility index (Phi) is 6.40. The van der Waals surface area contributed by atoms with Crippen LogP contribution >= 0.6 is 0 Å². The van der Waals surface area contributed by atoms with Crippen LogP contribution in [0.4, 0.5) is 0 Å². The highest BCUT2D eigenvalue weighted by molar-refractivity contribution is 5.94. The van der Waals surface area contributed by atoms with Gasteiger partial charge in [-0.15, -0.1) is 0 Å². The van der Waals surface area contributed by atoms with E-state index in [-0.39, 0.29) is 11.7 Å². The second kappa shape index (κ2) is 10.0. The molecule has 3 aromatic carbocycles. The molecule has 1 atom stereocenters. The van der Waals surface area contributed by atoms with Gasteiger partial charge in [0.15, 0.2) is 5.82 Å². The maximum Gasteiger partial charge on any atom is 0.240 e. The van der Waals surface area contributed by atoms with Crippen molar-refractivity contribution in [3.8, 4) is 28.4 Å². The number of phenolic OH excluding ortho intramolecular Hbond substituents is 1. The van der Waals surface area contributed by atoms with Gasteiger partial charge < -0.3 is 20.7 Å². The zero-order chi connectivity index (χ0) is 27.1. The summed E-state index contributed by atoms with van der Waals surface area (Å²) in [6, 6.07) is 19.2. The van der Waals surface area contributed by atoms with Gasteiger partial charge in [-0.2, -0.15) is 5.10 Å². The van der Waals surface area contributed by atoms with Crippen molar-refractivity contribution >= 4 is 16.8 Å². The predicted octanol–water partition coefficient (Wildman–Crippen LogP) is 4.65. The van der Waals surface area contributed by atoms with Crippen molar-refractivity contribution in [1.29, 1.82) is 0 Å². The third-order valence-corrected chi connectivity index (χ3v) is 7.57. The average Bonchev–Trinajstić information content (AvgIpc) is 3.55. The molecule has 8 nitrogen and oxygen atoms in total. The molecule has 1 aliphatic rings. The van der Waals surface area contributed by atoms with Crippen molar-refractivity contribution in [2.75, 3.05) is 6.54 Å². The number of hydrogen-bond acceptors (Lipinski definition) is 5. The van der Waals surface area contributed by atoms with Gasteiger partial charge in [0, 0.05) is 18.4 Å². The molecule has 0 bridgehead atoms. The van der Waals surface area contributed by atoms with Gasteiger partial charge in [-0.25, -0.2) is 4.98 Å². The van der Waals surface area contributed by atoms with Gasteiger partial charge in [-0.05, 0) is 66.3 Å². The SMILES string of the molecule is CCc1cc(O)ccc1-c1ccc2c(-c3nc4c([nH]3)CN(C(=O)[C@@H](N)Cc3cccc(C)c3)CC4)n[nH]c2c1. The first-order chi connectivity index (χ1) is 18.9. The molecule has 0 radical (unpaired) electrons. The number of phenols is 1. The number of aromatic hydroxyl groups is 1. The highest BCUT2D eigenvalue weighted by Crippen LogP contribution is 2.33. The van der Waals surface area contributed by atoms with E-state index in [9.17, 15) is 9.90 Å². The van der Waals surface area contributed by atoms with E-state index in [1.807, 2.05) is 42.2 Å². The Hall–Kier alpha value is -4.43. The van der Waals surface area contributed by atoms with Crippen molar-refractivity contribution in [3.05, 3.63) is 88.7 Å². The van der Waals surface area contributed by atoms with Crippen LogP contribution in [0.2, 0.25) is 0 Å². The molecule has 1 amide bonds. The minimum absolute atomic E-state index is 0.0447. The van der Waals surface area contributed by atoms with E-state index >= 15 is 0 Å². The number of fused-ring (bicyclic) bond motifs is 2. The lowest BCUT2D eigenvalue weighted by molar-refractivity contribution is -0.133. The zero-order valence-electron chi connectivity index (χ0n) is 22.2. The molecule has 0 saturated heterocycles. The summed E-state index contributed by atoms with van der Waals surface area (Å²) in [4.78, 5) is 23.2. The lowest BCUT2D eigenvalue weighted by Gasteiger charge is -2.28. The first-order valence-electron chi connectivity index (χ1n) is 13.4. The van der Waals surface area contributed by atoms with Gasteiger partial charge in [-0.1, -0.05) is 48.9 Å². The number of carbonyl (C=O) groups is 1. The summed E-state index contributed by atoms with van der Waals surface area (Å²) in [5.74, 6) is 0.920. The fourth-order valence-electron chi connectivity index (χ4n) is 5.53. The van der Waals surface area contributed by atoms with Crippen LogP contribution in [-0.2, 0) is 30.6 Å². The van der Waals surface area contributed by atoms with Crippen molar-refractivity contribution in [2.45, 2.75) is 45.7 Å². The summed E-state index contributed by atoms with van der Waals surface area (Å²) >= 11 is 0. The molecule has 198 valence electrons. The van der Waals surface area contributed by atoms with Crippen molar-refractivity contribution < 1.29 is 9.90 Å². The van der Waals surface area contributed by atoms with E-state index in [0.29, 0.717) is 31.8 Å². The molecule has 3 heterocycles. The van der Waals surface area contributed by atoms with E-state index < -0.39 is 6.04 Å². The van der Waals surface area contributed by atoms with Crippen LogP contribution in [0.25, 0.3) is 33.5 Å². The van der Waals surface area contributed by atoms with Crippen molar-refractivity contribution in [3.63, 3.8) is 0 Å². The maximum atomic E-state index is 13.2. The number of aromatic nitrogens is 4. The smallest absolute Gasteiger partial charge is 0.240 e. The largest absolute Gasteiger partial charge is 0.508 e. The topological polar surface area (TPSA) is 124 Å². The fraction of sp³-hybridized carbons (Fsp3) is 0.258. The lowest BCUT2D eigenvalue weighted by atomic mass is 9.97. The Bertz CT molecular complexity index is 1680. The molecule has 2 aromatic heterocycles. The second-order valence-corrected chi connectivity index (χ2v) is 10.3. The average molecular weight is 521 g/mol. The monoisotopic (exact) mass is 520 g/mol. The van der Waals surface area contributed by atoms with Crippen LogP contribution in [0.15, 0.2) is 60.7 Å². The minimum atomic E-state index is -0.581. The molecule has 0 saturated carbocycles. The quantitative estimate of drug-likeness (QED) is 0.259. The number of carbonyl (C=O) groups excluding carboxylic acids is 1. The highest BCUT2D eigenvalue weighted by Gasteiger charge is 2.28. The number of aromatic amines is 2. The van der Waals surface area contributed by atoms with Gasteiger partial charge in [0.25, 0.3) is 0 Å². The first-order valence-corrected chi connectivity index (χ1v) is 13.4. The third kappa shape index (κ3) is 4.79. The molecule has 5 N–H and O–H groups in total. The van der Waals surface area contributed by atoms with E-state index in [2.05, 4.69) is 46.4 Å². The standard InChI is InChI=1S/C31H32N6O2/c1-3-20-15-22(38)8-10-23(20)21-7-9-24-27(16-21)35-36-29(24)30-33-26-11-12-37(17-28(26)34-30)31(39)25(32)14-19-6-4-5-18(2)13-19/h4-10,13,15-16,25,38H,3,11-12,14,17,32H2,1-2H3,(H,33,34)(H,35,36)/t25-/m0/s1. The van der Waals surface area contributed by atoms with Gasteiger partial charge in [0.05, 0.1) is 29.5 Å². The molecule has 5 aromatic rings. The van der Waals surface area contributed by atoms with Crippen LogP contribution < -0.4 is 5.73 Å². The molecule has 1 aliphatic heterocycles. The summed E-state index contributed by atoms with van der Waals surface area (Å²) in [6.45, 7) is 5.17. The summed E-state index contributed by atoms with van der Waals surface area (Å²) in [5, 5.41) is 18.6. The number of nitrogens with two attached hydrogens (primary N) is 1. The molecule has 0 unspecified atom stereocenters. The lowest BCUT2D eigenvalue weighted by Crippen LogP contribution is -2.46. The van der Waals surface area contributed by atoms with Gasteiger partial charge in [0.2, 0.25) is 5.91 Å². The van der Waals surface area contributed by atoms with Crippen molar-refractivity contribution in [2.24, 2.45) is 5.73 Å². The summed E-state index contributed by atoms with van der Waals surface area (Å²) < 4.78 is 0. The van der Waals surface area contributed by atoms with Gasteiger partial charge >= 0.3 is 0 Å². The Labute approximate surface area is 226 Å². The number of rotatable bonds is 6. The molecule has 0 aliphatic carbocycles. The maximum absolute atomic E-state index is 13.2. The Morgan fingerprint density at radius 3 is 2.85 bits per heavy atom. The number of imidazole rings is 1. The molecular formula is C31H32N6O2. The summed E-state index contributed by atoms with van der Waals surface area (Å²) in [6.07, 6.45) is 2.01. The van der Waals surface area contributed by atoms with Crippen LogP contribution in [0.5, 0.6) is 5.75 Å². The molecular weight excluding hydrogens is 488 g/mol. The molecule has 39 heavy (non-hydrogen) atoms. The molecule has 6 rings (SSSR count). The van der Waals surface area contributed by atoms with E-state index in [4.69, 9.17) is 10.7 Å². The van der Waals surface area contributed by atoms with E-state index in [1.165, 1.54) is 0 Å². The normalized spacial score (nSPS) is 14.0. The van der Waals surface area contributed by atoms with Crippen LogP contribution in [-0.4, -0.2) is 48.7 Å². The second-order valence-electron chi connectivity index (χ2n) is 10.3. The summed E-state index contributed by atoms with van der Waals surface area (Å²) in [5.41, 5.74) is 15.4. The van der Waals surface area contributed by atoms with Gasteiger partial charge in [-0.3, -0.25) is 9.89 Å². The molecule has 0 fully saturated rings. The van der Waals surface area contributed by atoms with E-state index in [1.54, 1.807) is 6.07 Å². The highest BCUT2D eigenvalue weighted by atomic mass is 16.3. The number of nitrogens with zero attached hydrogens (tertiary/aromatic N) is 3. The molecule has 0 spiro atoms. The van der Waals surface area contributed by atoms with E-state index in [0.717, 1.165) is 62.2 Å². The third-order valence-electron chi connectivity index (χ3n) is 7.57. The number of nitrogens with one attached hydrogen (secondary N) is 2. The summed E-state index contributed by atoms with van der Waals surface area (Å²) in [7, 11) is 0. The fourth-order valence-corrected chi connectivity index (χ4v) is 5.53. The first kappa shape index (κ1) is 24.9. The van der Waals surface area contributed by atoms with Crippen LogP contribution in [0.1, 0.15) is 35.0 Å². The number of benzene rings is 3. The number of hydrogen-bond donors (Lipinski definition) is 4. The predicted molar refractivity (Wildman–Crippen MR) is 152 cm³/mol. The minimum Gasteiger partial charge on any atom is -0.508 e. The van der Waals surface area contributed by atoms with Crippen LogP contribution in [0.3, 0.4) is 0 Å². The Balaban J connectivity index is 1.21. The van der Waals surface area contributed by atoms with Gasteiger partial charge in [0.1, 0.15) is 11.4 Å². The number of H-pyrrole nitrogens is 2. The number of aryl methyl sites for hydroxylation is 2. The zero-order valence-corrected chi connectivity index (χ0v) is 22.2. The van der Waals surface area contributed by atoms with Crippen molar-refractivity contribution in [1.82, 2.24) is 25.1 Å². The van der Waals surface area contributed by atoms with Crippen LogP contribution in [0, 0.1) is 6.92 Å². The molecule has 8 heteroatoms.